The van der Waals surface area contributed by atoms with Crippen LogP contribution in [0.5, 0.6) is 23.3 Å². The minimum atomic E-state index is -2.77. The summed E-state index contributed by atoms with van der Waals surface area (Å²) in [7, 11) is 4.82. The number of anilines is 10. The van der Waals surface area contributed by atoms with E-state index in [0.29, 0.717) is 90.7 Å². The predicted octanol–water partition coefficient (Wildman–Crippen LogP) is 14.3. The van der Waals surface area contributed by atoms with Crippen LogP contribution in [-0.2, 0) is 31.3 Å². The molecule has 5 aliphatic rings. The van der Waals surface area contributed by atoms with Crippen LogP contribution in [0.1, 0.15) is 84.1 Å². The number of aromatic nitrogens is 8. The van der Waals surface area contributed by atoms with Crippen molar-refractivity contribution in [3.63, 3.8) is 0 Å². The zero-order valence-electron chi connectivity index (χ0n) is 66.3. The number of aryl methyl sites for hydroxylation is 2. The van der Waals surface area contributed by atoms with Crippen LogP contribution >= 0.6 is 53.4 Å². The second kappa shape index (κ2) is 36.6. The van der Waals surface area contributed by atoms with Crippen molar-refractivity contribution in [1.82, 2.24) is 59.5 Å². The number of piperidine rings is 2. The van der Waals surface area contributed by atoms with Crippen molar-refractivity contribution in [1.29, 1.82) is 0 Å². The number of hydrogen-bond donors (Lipinski definition) is 4. The molecule has 0 saturated carbocycles. The molecule has 32 heteroatoms. The molecule has 110 heavy (non-hydrogen) atoms. The van der Waals surface area contributed by atoms with Gasteiger partial charge in [-0.15, -0.1) is 0 Å². The maximum absolute atomic E-state index is 13.6. The fourth-order valence-corrected chi connectivity index (χ4v) is 17.4. The van der Waals surface area contributed by atoms with Crippen LogP contribution in [-0.4, -0.2) is 238 Å². The second-order valence-electron chi connectivity index (χ2n) is 30.1. The third-order valence-electron chi connectivity index (χ3n) is 21.5. The quantitative estimate of drug-likeness (QED) is 0.0363. The molecule has 8 aromatic rings. The van der Waals surface area contributed by atoms with Crippen LogP contribution in [0, 0.1) is 0 Å². The SMILES string of the molecule is CCc1cc(Nc2ncc(Cl)c(Nc3ccc(-c4cncnc4OC)cc3P(C)(C)=O)n2)c(OC)cc1N1CCC(N2CCN(C)CC2)CC1.CCc1cc(Nc2ncc(Cl)c(Nc3ccc(B4OC(C)(C)C(C)(C)O4)cc3P(C)(C)=O)n2)c(OC)cc1N1CCC(N2CCN(C)CC2)CC1.COc1ncncc1Br.[HH].[HH].[HH].[HH]. The normalized spacial score (nSPS) is 17.5. The standard InChI is InChI=1S/C37H54BClN7O4P.C36H47ClN9O3P.C5H5BrN2O.4H2/c1-10-25-21-30(32(48-7)23-31(25)46-15-13-27(14-16-46)45-19-17-44(6)18-20-45)42-35-40-24-28(39)34(43-35)41-29-12-11-26(22-33(29)51(8,9)47)38-49-36(2,3)37(4,5)50-38;1-7-24-18-30(32(48-3)20-31(24)46-12-10-26(11-13-46)45-16-14-44(2)15-17-45)42-36-39-22-28(37)34(43-36)41-29-9-8-25(19-33(29)50(5,6)47)27-21-38-23-40-35(27)49-4;1-9-5-4(6)2-7-3-8-5;;;;/h11-12,21-24,27H,10,13-20H2,1-9H3,(H2,40,41,42,43);8-9,18-23,26H,7,10-17H2,1-6H3,(H2,39,41,42,43);2-3H,1H3;4*1H. The average Bonchev–Trinajstić information content (AvgIpc) is 1.69. The highest BCUT2D eigenvalue weighted by atomic mass is 79.9. The molecule has 0 radical (unpaired) electrons. The molecule has 598 valence electrons. The molecule has 0 unspecified atom stereocenters. The smallest absolute Gasteiger partial charge is 0.494 e. The molecule has 4 N–H and O–H groups in total. The van der Waals surface area contributed by atoms with Crippen molar-refractivity contribution in [2.24, 2.45) is 0 Å². The number of rotatable bonds is 22. The fourth-order valence-electron chi connectivity index (χ4n) is 14.4. The third-order valence-corrected chi connectivity index (χ3v) is 25.6. The Morgan fingerprint density at radius 1 is 0.536 bits per heavy atom. The van der Waals surface area contributed by atoms with E-state index >= 15 is 0 Å². The van der Waals surface area contributed by atoms with E-state index in [1.54, 1.807) is 79.9 Å². The topological polar surface area (TPSA) is 260 Å². The Kier molecular flexibility index (Phi) is 27.8. The molecular weight excluding hydrogens is 1540 g/mol. The number of hydrogen-bond acceptors (Lipinski definition) is 26. The number of piperazine rings is 2. The van der Waals surface area contributed by atoms with Gasteiger partial charge in [0.05, 0.1) is 84.8 Å². The van der Waals surface area contributed by atoms with Gasteiger partial charge in [0, 0.05) is 143 Å². The summed E-state index contributed by atoms with van der Waals surface area (Å²) in [4.78, 5) is 49.6. The van der Waals surface area contributed by atoms with Crippen LogP contribution in [0.4, 0.5) is 57.7 Å². The van der Waals surface area contributed by atoms with Gasteiger partial charge in [-0.25, -0.2) is 29.9 Å². The van der Waals surface area contributed by atoms with Crippen molar-refractivity contribution in [3.05, 3.63) is 124 Å². The Hall–Kier alpha value is -7.46. The predicted molar refractivity (Wildman–Crippen MR) is 460 cm³/mol. The van der Waals surface area contributed by atoms with E-state index in [0.717, 1.165) is 150 Å². The zero-order chi connectivity index (χ0) is 78.8. The summed E-state index contributed by atoms with van der Waals surface area (Å²) in [5.41, 5.74) is 9.00. The summed E-state index contributed by atoms with van der Waals surface area (Å²) >= 11 is 16.4. The van der Waals surface area contributed by atoms with Gasteiger partial charge in [-0.1, -0.05) is 49.2 Å². The van der Waals surface area contributed by atoms with Gasteiger partial charge in [0.1, 0.15) is 48.5 Å². The molecular formula is C78H114BBrCl2N18O8P2. The third kappa shape index (κ3) is 20.3. The number of benzene rings is 4. The molecule has 0 amide bonds. The Bertz CT molecular complexity index is 4600. The summed E-state index contributed by atoms with van der Waals surface area (Å²) in [5.74, 6) is 3.89. The minimum absolute atomic E-state index is 0. The van der Waals surface area contributed by atoms with E-state index in [1.165, 1.54) is 35.2 Å². The van der Waals surface area contributed by atoms with E-state index < -0.39 is 32.6 Å². The highest BCUT2D eigenvalue weighted by molar-refractivity contribution is 9.10. The molecule has 26 nitrogen and oxygen atoms in total. The van der Waals surface area contributed by atoms with Gasteiger partial charge in [-0.3, -0.25) is 9.80 Å². The lowest BCUT2D eigenvalue weighted by molar-refractivity contribution is 0.00578. The maximum Gasteiger partial charge on any atom is 0.494 e. The highest BCUT2D eigenvalue weighted by Gasteiger charge is 2.52. The summed E-state index contributed by atoms with van der Waals surface area (Å²) in [6, 6.07) is 21.2. The lowest BCUT2D eigenvalue weighted by Crippen LogP contribution is -2.52. The summed E-state index contributed by atoms with van der Waals surface area (Å²) in [6.07, 6.45) is 15.7. The van der Waals surface area contributed by atoms with Crippen LogP contribution in [0.25, 0.3) is 11.1 Å². The first-order valence-corrected chi connectivity index (χ1v) is 44.2. The van der Waals surface area contributed by atoms with Crippen LogP contribution < -0.4 is 66.1 Å². The molecule has 0 bridgehead atoms. The summed E-state index contributed by atoms with van der Waals surface area (Å²) in [5, 5.41) is 15.3. The molecule has 0 spiro atoms. The molecule has 4 aromatic heterocycles. The first-order chi connectivity index (χ1) is 52.5. The van der Waals surface area contributed by atoms with Crippen molar-refractivity contribution in [3.8, 4) is 34.4 Å². The number of nitrogens with one attached hydrogen (secondary N) is 4. The van der Waals surface area contributed by atoms with Gasteiger partial charge in [-0.2, -0.15) is 9.97 Å². The molecule has 4 aromatic carbocycles. The average molecular weight is 1660 g/mol. The fraction of sp³-hybridized carbons (Fsp3) is 0.487. The summed E-state index contributed by atoms with van der Waals surface area (Å²) in [6.45, 7) is 32.7. The van der Waals surface area contributed by atoms with E-state index in [-0.39, 0.29) is 5.71 Å². The summed E-state index contributed by atoms with van der Waals surface area (Å²) < 4.78 is 62.5. The second-order valence-corrected chi connectivity index (χ2v) is 38.1. The van der Waals surface area contributed by atoms with Gasteiger partial charge < -0.3 is 78.3 Å². The van der Waals surface area contributed by atoms with Crippen molar-refractivity contribution >= 4 is 134 Å². The Morgan fingerprint density at radius 2 is 0.964 bits per heavy atom. The Labute approximate surface area is 673 Å². The maximum atomic E-state index is 13.6. The van der Waals surface area contributed by atoms with E-state index in [1.807, 2.05) is 64.1 Å². The molecule has 13 rings (SSSR count). The van der Waals surface area contributed by atoms with Gasteiger partial charge in [0.2, 0.25) is 23.7 Å². The molecule has 5 aliphatic heterocycles. The number of likely N-dealkylation sites (N-methyl/N-ethyl adjacent to an activating group) is 2. The van der Waals surface area contributed by atoms with Gasteiger partial charge >= 0.3 is 7.12 Å². The number of halogens is 3. The van der Waals surface area contributed by atoms with Gasteiger partial charge in [0.15, 0.2) is 11.6 Å². The lowest BCUT2D eigenvalue weighted by Gasteiger charge is -2.43. The Balaban J connectivity index is 0.000000275. The molecule has 0 aliphatic carbocycles. The Morgan fingerprint density at radius 3 is 1.37 bits per heavy atom. The lowest BCUT2D eigenvalue weighted by atomic mass is 9.79. The molecule has 5 fully saturated rings. The molecule has 5 saturated heterocycles. The van der Waals surface area contributed by atoms with Crippen molar-refractivity contribution in [2.75, 3.05) is 179 Å². The number of nitrogens with zero attached hydrogens (tertiary/aromatic N) is 14. The zero-order valence-corrected chi connectivity index (χ0v) is 71.1. The van der Waals surface area contributed by atoms with E-state index in [9.17, 15) is 9.13 Å². The first kappa shape index (κ1) is 83.5. The molecule has 0 atom stereocenters. The van der Waals surface area contributed by atoms with Crippen molar-refractivity contribution in [2.45, 2.75) is 103 Å². The van der Waals surface area contributed by atoms with Crippen molar-refractivity contribution < 1.29 is 43.1 Å². The van der Waals surface area contributed by atoms with E-state index in [2.05, 4.69) is 149 Å². The highest BCUT2D eigenvalue weighted by Crippen LogP contribution is 2.45. The molecule has 9 heterocycles. The number of methoxy groups -OCH3 is 4. The number of ether oxygens (including phenoxy) is 4. The monoisotopic (exact) mass is 1650 g/mol. The van der Waals surface area contributed by atoms with Crippen LogP contribution in [0.2, 0.25) is 10.0 Å². The van der Waals surface area contributed by atoms with Crippen LogP contribution in [0.15, 0.2) is 103 Å². The van der Waals surface area contributed by atoms with Gasteiger partial charge in [-0.05, 0) is 181 Å². The first-order valence-electron chi connectivity index (χ1n) is 37.5. The van der Waals surface area contributed by atoms with Crippen LogP contribution in [0.3, 0.4) is 0 Å². The van der Waals surface area contributed by atoms with E-state index in [4.69, 9.17) is 61.4 Å². The minimum Gasteiger partial charge on any atom is -0.494 e. The largest absolute Gasteiger partial charge is 0.494 e. The van der Waals surface area contributed by atoms with Gasteiger partial charge in [0.25, 0.3) is 0 Å².